The topological polar surface area (TPSA) is 210 Å². The fourth-order valence-corrected chi connectivity index (χ4v) is 5.07. The Balaban J connectivity index is 2.57. The molecule has 1 aromatic carbocycles. The number of nitrogens with two attached hydrogens (primary N) is 4. The number of hydrogen-bond donors (Lipinski definition) is 8. The minimum Gasteiger partial charge on any atom is -0.395 e. The van der Waals surface area contributed by atoms with Gasteiger partial charge in [0.15, 0.2) is 5.84 Å². The number of sulfonamides is 1. The minimum atomic E-state index is -4.16. The first-order valence-electron chi connectivity index (χ1n) is 9.01. The Morgan fingerprint density at radius 2 is 2.21 bits per heavy atom. The van der Waals surface area contributed by atoms with Gasteiger partial charge < -0.3 is 26.8 Å². The molecule has 0 saturated carbocycles. The predicted octanol–water partition coefficient (Wildman–Crippen LogP) is -2.87. The molecular weight excluding hydrogens is 418 g/mol. The Morgan fingerprint density at radius 3 is 2.83 bits per heavy atom. The first-order valence-corrected chi connectivity index (χ1v) is 11.4. The molecule has 1 atom stereocenters. The van der Waals surface area contributed by atoms with Gasteiger partial charge in [-0.2, -0.15) is 0 Å². The molecule has 1 heterocycles. The fraction of sp³-hybridized carbons (Fsp3) is 0.533. The molecule has 0 radical (unpaired) electrons. The molecular formula is C15H29N9O3S2. The van der Waals surface area contributed by atoms with Gasteiger partial charge >= 0.3 is 0 Å². The summed E-state index contributed by atoms with van der Waals surface area (Å²) in [4.78, 5) is 2.17. The number of rotatable bonds is 10. The van der Waals surface area contributed by atoms with Gasteiger partial charge in [0.2, 0.25) is 10.0 Å². The van der Waals surface area contributed by atoms with Crippen LogP contribution in [0.2, 0.25) is 0 Å². The zero-order valence-corrected chi connectivity index (χ0v) is 17.6. The third-order valence-electron chi connectivity index (χ3n) is 4.31. The van der Waals surface area contributed by atoms with Crippen LogP contribution in [0.4, 0.5) is 5.69 Å². The van der Waals surface area contributed by atoms with E-state index in [2.05, 4.69) is 20.7 Å². The van der Waals surface area contributed by atoms with E-state index in [4.69, 9.17) is 22.4 Å². The Morgan fingerprint density at radius 1 is 1.45 bits per heavy atom. The van der Waals surface area contributed by atoms with Crippen LogP contribution in [-0.2, 0) is 10.0 Å². The lowest BCUT2D eigenvalue weighted by molar-refractivity contribution is 0.235. The second kappa shape index (κ2) is 10.9. The first kappa shape index (κ1) is 23.6. The number of hydrazine groups is 1. The molecule has 1 aromatic rings. The zero-order valence-electron chi connectivity index (χ0n) is 16.0. The Labute approximate surface area is 174 Å². The molecule has 29 heavy (non-hydrogen) atoms. The van der Waals surface area contributed by atoms with Crippen molar-refractivity contribution >= 4 is 33.5 Å². The molecule has 0 bridgehead atoms. The van der Waals surface area contributed by atoms with Gasteiger partial charge in [0, 0.05) is 42.8 Å². The van der Waals surface area contributed by atoms with E-state index in [0.29, 0.717) is 43.3 Å². The van der Waals surface area contributed by atoms with Crippen LogP contribution in [0.15, 0.2) is 27.0 Å². The number of hydrazone groups is 1. The molecule has 1 fully saturated rings. The molecule has 14 heteroatoms. The van der Waals surface area contributed by atoms with E-state index in [-0.39, 0.29) is 28.9 Å². The molecule has 0 aliphatic carbocycles. The molecule has 1 unspecified atom stereocenters. The summed E-state index contributed by atoms with van der Waals surface area (Å²) in [7, 11) is -4.16. The number of piperazine rings is 1. The van der Waals surface area contributed by atoms with Gasteiger partial charge in [0.05, 0.1) is 12.2 Å². The maximum Gasteiger partial charge on any atom is 0.240 e. The third-order valence-corrected chi connectivity index (χ3v) is 6.34. The van der Waals surface area contributed by atoms with Crippen molar-refractivity contribution in [1.29, 1.82) is 0 Å². The van der Waals surface area contributed by atoms with E-state index in [1.54, 1.807) is 12.1 Å². The van der Waals surface area contributed by atoms with Crippen molar-refractivity contribution in [3.63, 3.8) is 0 Å². The normalized spacial score (nSPS) is 18.1. The van der Waals surface area contributed by atoms with Gasteiger partial charge in [-0.05, 0) is 37.0 Å². The average molecular weight is 448 g/mol. The molecule has 0 amide bonds. The van der Waals surface area contributed by atoms with Crippen molar-refractivity contribution in [2.45, 2.75) is 22.3 Å². The molecule has 1 aliphatic rings. The lowest BCUT2D eigenvalue weighted by Gasteiger charge is -2.36. The smallest absolute Gasteiger partial charge is 0.240 e. The maximum absolute atomic E-state index is 12.5. The molecule has 164 valence electrons. The summed E-state index contributed by atoms with van der Waals surface area (Å²) in [6.45, 7) is 2.69. The number of nitrogens with one attached hydrogen (secondary N) is 3. The minimum absolute atomic E-state index is 0.0548. The second-order valence-corrected chi connectivity index (χ2v) is 8.81. The average Bonchev–Trinajstić information content (AvgIpc) is 2.70. The van der Waals surface area contributed by atoms with E-state index in [0.717, 1.165) is 18.4 Å². The van der Waals surface area contributed by atoms with E-state index >= 15 is 0 Å². The predicted molar refractivity (Wildman–Crippen MR) is 114 cm³/mol. The third kappa shape index (κ3) is 6.16. The molecule has 0 spiro atoms. The number of aliphatic hydroxyl groups excluding tert-OH is 1. The van der Waals surface area contributed by atoms with Crippen molar-refractivity contribution in [3.05, 3.63) is 17.7 Å². The van der Waals surface area contributed by atoms with Gasteiger partial charge in [-0.1, -0.05) is 0 Å². The number of nitrogens with zero attached hydrogens (tertiary/aromatic N) is 2. The van der Waals surface area contributed by atoms with Crippen molar-refractivity contribution in [2.75, 3.05) is 44.2 Å². The molecule has 2 rings (SSSR count). The number of benzene rings is 1. The molecule has 1 aliphatic heterocycles. The lowest BCUT2D eigenvalue weighted by atomic mass is 10.1. The summed E-state index contributed by atoms with van der Waals surface area (Å²) in [5.74, 6) is 5.15. The van der Waals surface area contributed by atoms with Crippen LogP contribution in [0.5, 0.6) is 0 Å². The standard InChI is InChI=1S/C15H29N9O3S2/c16-4-1-5-21-28-12-3-2-11(24-7-6-20-10(8-24)9-25)13(15(17)22-23-18)14(12)29(19,26)27/h2-3,10,20-21,23,25H,1,4-9,16,18H2,(H2,17,22)(H2,19,26,27). The summed E-state index contributed by atoms with van der Waals surface area (Å²) in [6.07, 6.45) is 0.729. The Hall–Kier alpha value is -1.65. The lowest BCUT2D eigenvalue weighted by Crippen LogP contribution is -2.52. The number of primary sulfonamides is 1. The van der Waals surface area contributed by atoms with Gasteiger partial charge in [-0.15, -0.1) is 5.10 Å². The fourth-order valence-electron chi connectivity index (χ4n) is 3.02. The SMILES string of the molecule is NCCCNSc1ccc(N2CCNC(CO)C2)c(/C(N)=N/NN)c1S(N)(=O)=O. The van der Waals surface area contributed by atoms with E-state index < -0.39 is 10.0 Å². The maximum atomic E-state index is 12.5. The van der Waals surface area contributed by atoms with Crippen molar-refractivity contribution in [1.82, 2.24) is 15.6 Å². The quantitative estimate of drug-likeness (QED) is 0.0456. The van der Waals surface area contributed by atoms with E-state index in [9.17, 15) is 13.5 Å². The highest BCUT2D eigenvalue weighted by Gasteiger charge is 2.29. The molecule has 12 nitrogen and oxygen atoms in total. The van der Waals surface area contributed by atoms with Gasteiger partial charge in [0.25, 0.3) is 0 Å². The number of hydrogen-bond acceptors (Lipinski definition) is 11. The largest absolute Gasteiger partial charge is 0.395 e. The van der Waals surface area contributed by atoms with Crippen molar-refractivity contribution in [3.8, 4) is 0 Å². The first-order chi connectivity index (χ1) is 13.8. The second-order valence-electron chi connectivity index (χ2n) is 6.38. The summed E-state index contributed by atoms with van der Waals surface area (Å²) in [6, 6.07) is 3.26. The summed E-state index contributed by atoms with van der Waals surface area (Å²) < 4.78 is 28.1. The van der Waals surface area contributed by atoms with Crippen molar-refractivity contribution in [2.24, 2.45) is 27.6 Å². The Kier molecular flexibility index (Phi) is 8.91. The monoisotopic (exact) mass is 447 g/mol. The number of amidine groups is 1. The van der Waals surface area contributed by atoms with Crippen LogP contribution in [0.3, 0.4) is 0 Å². The molecule has 12 N–H and O–H groups in total. The van der Waals surface area contributed by atoms with Crippen LogP contribution < -0.4 is 42.9 Å². The highest BCUT2D eigenvalue weighted by Crippen LogP contribution is 2.34. The molecule has 0 aromatic heterocycles. The summed E-state index contributed by atoms with van der Waals surface area (Å²) in [5.41, 5.74) is 14.4. The van der Waals surface area contributed by atoms with Crippen LogP contribution >= 0.6 is 11.9 Å². The van der Waals surface area contributed by atoms with Crippen LogP contribution in [0, 0.1) is 0 Å². The van der Waals surface area contributed by atoms with Crippen LogP contribution in [-0.4, -0.2) is 64.7 Å². The van der Waals surface area contributed by atoms with Crippen LogP contribution in [0.1, 0.15) is 12.0 Å². The van der Waals surface area contributed by atoms with Crippen LogP contribution in [0.25, 0.3) is 0 Å². The van der Waals surface area contributed by atoms with E-state index in [1.807, 2.05) is 4.90 Å². The van der Waals surface area contributed by atoms with Crippen molar-refractivity contribution < 1.29 is 13.5 Å². The summed E-state index contributed by atoms with van der Waals surface area (Å²) >= 11 is 1.13. The summed E-state index contributed by atoms with van der Waals surface area (Å²) in [5, 5.41) is 22.0. The number of anilines is 1. The molecule has 1 saturated heterocycles. The highest BCUT2D eigenvalue weighted by atomic mass is 32.2. The zero-order chi connectivity index (χ0) is 21.4. The number of aliphatic hydroxyl groups is 1. The van der Waals surface area contributed by atoms with Gasteiger partial charge in [0.1, 0.15) is 4.90 Å². The Bertz CT molecular complexity index is 819. The highest BCUT2D eigenvalue weighted by molar-refractivity contribution is 7.98. The van der Waals surface area contributed by atoms with E-state index in [1.165, 1.54) is 0 Å². The van der Waals surface area contributed by atoms with Gasteiger partial charge in [-0.3, -0.25) is 4.72 Å². The van der Waals surface area contributed by atoms with Gasteiger partial charge in [-0.25, -0.2) is 24.9 Å².